The predicted octanol–water partition coefficient (Wildman–Crippen LogP) is -0.751. The maximum atomic E-state index is 5.86. The molecule has 1 saturated heterocycles. The van der Waals surface area contributed by atoms with Crippen molar-refractivity contribution >= 4 is 6.34 Å². The van der Waals surface area contributed by atoms with Gasteiger partial charge in [0.15, 0.2) is 0 Å². The maximum Gasteiger partial charge on any atom is 0.0765 e. The molecular weight excluding hydrogens is 128 g/mol. The van der Waals surface area contributed by atoms with Crippen LogP contribution in [0.4, 0.5) is 0 Å². The third-order valence-electron chi connectivity index (χ3n) is 1.38. The zero-order chi connectivity index (χ0) is 7.82. The summed E-state index contributed by atoms with van der Waals surface area (Å²) in [5.41, 5.74) is 9.98. The molecule has 0 aliphatic carbocycles. The van der Waals surface area contributed by atoms with Crippen molar-refractivity contribution in [2.45, 2.75) is 18.9 Å². The molecule has 0 saturated carbocycles. The summed E-state index contributed by atoms with van der Waals surface area (Å²) < 4.78 is 0. The summed E-state index contributed by atoms with van der Waals surface area (Å²) in [5.74, 6) is 0. The van der Waals surface area contributed by atoms with E-state index in [1.165, 1.54) is 0 Å². The largest absolute Gasteiger partial charge is 0.390 e. The lowest BCUT2D eigenvalue weighted by molar-refractivity contribution is 0.458. The molecule has 0 unspecified atom stereocenters. The van der Waals surface area contributed by atoms with Crippen LogP contribution in [0.1, 0.15) is 12.8 Å². The highest BCUT2D eigenvalue weighted by atomic mass is 14.9. The molecule has 0 spiro atoms. The van der Waals surface area contributed by atoms with Gasteiger partial charge in [-0.05, 0) is 25.9 Å². The van der Waals surface area contributed by atoms with E-state index >= 15 is 0 Å². The lowest BCUT2D eigenvalue weighted by Crippen LogP contribution is -2.35. The molecule has 1 aliphatic heterocycles. The second kappa shape index (κ2) is 6.51. The molecule has 0 aromatic heterocycles. The van der Waals surface area contributed by atoms with E-state index in [1.54, 1.807) is 0 Å². The SMILES string of the molecule is N=CN.NC1CCNCC1. The summed E-state index contributed by atoms with van der Waals surface area (Å²) in [7, 11) is 0. The van der Waals surface area contributed by atoms with Crippen LogP contribution in [0.25, 0.3) is 0 Å². The standard InChI is InChI=1S/C5H12N2.CH4N2/c6-5-1-3-7-4-2-5;2-1-3/h5,7H,1-4,6H2;1H,(H3,2,3). The minimum absolute atomic E-state index is 0.473. The Labute approximate surface area is 61.5 Å². The lowest BCUT2D eigenvalue weighted by atomic mass is 10.1. The van der Waals surface area contributed by atoms with E-state index in [9.17, 15) is 0 Å². The fourth-order valence-electron chi connectivity index (χ4n) is 0.844. The van der Waals surface area contributed by atoms with Crippen LogP contribution in [0.2, 0.25) is 0 Å². The van der Waals surface area contributed by atoms with Crippen molar-refractivity contribution in [1.29, 1.82) is 5.41 Å². The molecule has 0 radical (unpaired) electrons. The third-order valence-corrected chi connectivity index (χ3v) is 1.38. The van der Waals surface area contributed by atoms with Gasteiger partial charge in [0.1, 0.15) is 0 Å². The normalized spacial score (nSPS) is 18.9. The summed E-state index contributed by atoms with van der Waals surface area (Å²) in [6.45, 7) is 2.22. The van der Waals surface area contributed by atoms with Crippen molar-refractivity contribution in [1.82, 2.24) is 5.32 Å². The Hall–Kier alpha value is -0.610. The molecule has 4 heteroatoms. The number of nitrogens with one attached hydrogen (secondary N) is 2. The summed E-state index contributed by atoms with van der Waals surface area (Å²) in [4.78, 5) is 0. The highest BCUT2D eigenvalue weighted by Gasteiger charge is 2.05. The third kappa shape index (κ3) is 5.53. The van der Waals surface area contributed by atoms with Gasteiger partial charge in [-0.1, -0.05) is 0 Å². The maximum absolute atomic E-state index is 5.86. The van der Waals surface area contributed by atoms with E-state index in [0.717, 1.165) is 32.3 Å². The molecule has 10 heavy (non-hydrogen) atoms. The first-order valence-electron chi connectivity index (χ1n) is 3.48. The topological polar surface area (TPSA) is 87.9 Å². The van der Waals surface area contributed by atoms with Crippen molar-refractivity contribution in [3.05, 3.63) is 0 Å². The quantitative estimate of drug-likeness (QED) is 0.266. The van der Waals surface area contributed by atoms with Gasteiger partial charge in [0.2, 0.25) is 0 Å². The number of hydrogen-bond donors (Lipinski definition) is 4. The van der Waals surface area contributed by atoms with Crippen LogP contribution in [-0.4, -0.2) is 25.5 Å². The number of nitrogens with two attached hydrogens (primary N) is 2. The Kier molecular flexibility index (Phi) is 6.11. The number of rotatable bonds is 0. The van der Waals surface area contributed by atoms with Crippen molar-refractivity contribution in [2.75, 3.05) is 13.1 Å². The Balaban J connectivity index is 0.000000236. The van der Waals surface area contributed by atoms with Crippen LogP contribution in [0, 0.1) is 5.41 Å². The Morgan fingerprint density at radius 1 is 1.40 bits per heavy atom. The van der Waals surface area contributed by atoms with Crippen molar-refractivity contribution in [2.24, 2.45) is 11.5 Å². The van der Waals surface area contributed by atoms with Gasteiger partial charge in [0.25, 0.3) is 0 Å². The van der Waals surface area contributed by atoms with Crippen LogP contribution in [0.15, 0.2) is 0 Å². The molecule has 6 N–H and O–H groups in total. The molecule has 60 valence electrons. The second-order valence-electron chi connectivity index (χ2n) is 2.25. The van der Waals surface area contributed by atoms with Crippen molar-refractivity contribution in [3.8, 4) is 0 Å². The van der Waals surface area contributed by atoms with Crippen LogP contribution in [0.3, 0.4) is 0 Å². The first-order chi connectivity index (χ1) is 4.81. The van der Waals surface area contributed by atoms with Gasteiger partial charge in [0, 0.05) is 6.04 Å². The molecule has 0 bridgehead atoms. The smallest absolute Gasteiger partial charge is 0.0765 e. The van der Waals surface area contributed by atoms with Crippen molar-refractivity contribution < 1.29 is 0 Å². The number of piperidine rings is 1. The van der Waals surface area contributed by atoms with Crippen LogP contribution in [-0.2, 0) is 0 Å². The molecule has 1 aliphatic rings. The first kappa shape index (κ1) is 9.39. The van der Waals surface area contributed by atoms with Crippen molar-refractivity contribution in [3.63, 3.8) is 0 Å². The Morgan fingerprint density at radius 2 is 1.80 bits per heavy atom. The Morgan fingerprint density at radius 3 is 2.00 bits per heavy atom. The van der Waals surface area contributed by atoms with E-state index in [0.29, 0.717) is 6.04 Å². The first-order valence-corrected chi connectivity index (χ1v) is 3.48. The zero-order valence-corrected chi connectivity index (χ0v) is 6.14. The molecule has 1 rings (SSSR count). The summed E-state index contributed by atoms with van der Waals surface area (Å²) in [6.07, 6.45) is 3.06. The fraction of sp³-hybridized carbons (Fsp3) is 0.833. The van der Waals surface area contributed by atoms with E-state index in [2.05, 4.69) is 11.1 Å². The summed E-state index contributed by atoms with van der Waals surface area (Å²) in [6, 6.07) is 0.473. The van der Waals surface area contributed by atoms with Crippen LogP contribution < -0.4 is 16.8 Å². The van der Waals surface area contributed by atoms with Gasteiger partial charge in [0.05, 0.1) is 6.34 Å². The Bertz CT molecular complexity index is 77.8. The minimum Gasteiger partial charge on any atom is -0.390 e. The molecule has 0 atom stereocenters. The molecule has 1 fully saturated rings. The molecule has 0 amide bonds. The molecular formula is C6H16N4. The molecule has 0 aromatic carbocycles. The average molecular weight is 144 g/mol. The fourth-order valence-corrected chi connectivity index (χ4v) is 0.844. The van der Waals surface area contributed by atoms with E-state index in [4.69, 9.17) is 11.1 Å². The van der Waals surface area contributed by atoms with Crippen LogP contribution in [0.5, 0.6) is 0 Å². The highest BCUT2D eigenvalue weighted by Crippen LogP contribution is 1.96. The monoisotopic (exact) mass is 144 g/mol. The van der Waals surface area contributed by atoms with Gasteiger partial charge in [-0.2, -0.15) is 0 Å². The van der Waals surface area contributed by atoms with Gasteiger partial charge < -0.3 is 16.8 Å². The highest BCUT2D eigenvalue weighted by molar-refractivity contribution is 5.46. The zero-order valence-electron chi connectivity index (χ0n) is 6.14. The average Bonchev–Trinajstić information content (AvgIpc) is 1.91. The van der Waals surface area contributed by atoms with E-state index < -0.39 is 0 Å². The second-order valence-corrected chi connectivity index (χ2v) is 2.25. The lowest BCUT2D eigenvalue weighted by Gasteiger charge is -2.17. The summed E-state index contributed by atoms with van der Waals surface area (Å²) >= 11 is 0. The summed E-state index contributed by atoms with van der Waals surface area (Å²) in [5, 5.41) is 9.10. The number of hydrogen-bond acceptors (Lipinski definition) is 3. The van der Waals surface area contributed by atoms with Gasteiger partial charge in [-0.15, -0.1) is 0 Å². The van der Waals surface area contributed by atoms with Gasteiger partial charge >= 0.3 is 0 Å². The molecule has 4 nitrogen and oxygen atoms in total. The minimum atomic E-state index is 0.473. The molecule has 0 aromatic rings. The molecule has 1 heterocycles. The van der Waals surface area contributed by atoms with Gasteiger partial charge in [-0.3, -0.25) is 5.41 Å². The van der Waals surface area contributed by atoms with E-state index in [-0.39, 0.29) is 0 Å². The van der Waals surface area contributed by atoms with Gasteiger partial charge in [-0.25, -0.2) is 0 Å². The van der Waals surface area contributed by atoms with E-state index in [1.807, 2.05) is 0 Å². The predicted molar refractivity (Wildman–Crippen MR) is 43.1 cm³/mol. The van der Waals surface area contributed by atoms with Crippen LogP contribution >= 0.6 is 0 Å².